The summed E-state index contributed by atoms with van der Waals surface area (Å²) in [5.74, 6) is -0.0958. The molecule has 0 amide bonds. The summed E-state index contributed by atoms with van der Waals surface area (Å²) in [6, 6.07) is 12.9. The number of hydrogen-bond acceptors (Lipinski definition) is 6. The average molecular weight is 312 g/mol. The number of ketones is 1. The van der Waals surface area contributed by atoms with Crippen LogP contribution in [0.3, 0.4) is 0 Å². The first-order chi connectivity index (χ1) is 10.7. The van der Waals surface area contributed by atoms with E-state index in [2.05, 4.69) is 20.5 Å². The SMILES string of the molecule is O=C(/C=C(\O)c1nc(Nc2ccccc2)n[nH]1)c1cccs1. The molecule has 0 bridgehead atoms. The zero-order valence-electron chi connectivity index (χ0n) is 11.4. The summed E-state index contributed by atoms with van der Waals surface area (Å²) in [6.07, 6.45) is 1.12. The summed E-state index contributed by atoms with van der Waals surface area (Å²) in [6.45, 7) is 0. The maximum atomic E-state index is 11.9. The van der Waals surface area contributed by atoms with Crippen molar-refractivity contribution in [2.24, 2.45) is 0 Å². The number of para-hydroxylation sites is 1. The van der Waals surface area contributed by atoms with Crippen molar-refractivity contribution in [2.75, 3.05) is 5.32 Å². The number of thiophene rings is 1. The Balaban J connectivity index is 1.74. The molecule has 3 rings (SSSR count). The van der Waals surface area contributed by atoms with E-state index in [0.29, 0.717) is 10.8 Å². The maximum absolute atomic E-state index is 11.9. The van der Waals surface area contributed by atoms with Crippen molar-refractivity contribution < 1.29 is 9.90 Å². The molecule has 0 aliphatic heterocycles. The van der Waals surface area contributed by atoms with Gasteiger partial charge >= 0.3 is 0 Å². The van der Waals surface area contributed by atoms with Crippen LogP contribution in [0.4, 0.5) is 11.6 Å². The van der Waals surface area contributed by atoms with Gasteiger partial charge in [0.25, 0.3) is 0 Å². The van der Waals surface area contributed by atoms with Crippen molar-refractivity contribution >= 4 is 34.5 Å². The predicted octanol–water partition coefficient (Wildman–Crippen LogP) is 3.39. The number of hydrogen-bond donors (Lipinski definition) is 3. The quantitative estimate of drug-likeness (QED) is 0.381. The number of rotatable bonds is 5. The molecule has 2 heterocycles. The number of carbonyl (C=O) groups excluding carboxylic acids is 1. The smallest absolute Gasteiger partial charge is 0.246 e. The number of benzene rings is 1. The van der Waals surface area contributed by atoms with E-state index >= 15 is 0 Å². The molecule has 2 aromatic heterocycles. The first kappa shape index (κ1) is 14.0. The lowest BCUT2D eigenvalue weighted by Crippen LogP contribution is -1.95. The van der Waals surface area contributed by atoms with Crippen LogP contribution in [0.25, 0.3) is 5.76 Å². The van der Waals surface area contributed by atoms with E-state index in [1.165, 1.54) is 11.3 Å². The van der Waals surface area contributed by atoms with Gasteiger partial charge < -0.3 is 10.4 Å². The highest BCUT2D eigenvalue weighted by Crippen LogP contribution is 2.16. The minimum atomic E-state index is -0.276. The van der Waals surface area contributed by atoms with Gasteiger partial charge in [-0.1, -0.05) is 24.3 Å². The molecular formula is C15H12N4O2S. The van der Waals surface area contributed by atoms with Gasteiger partial charge in [0.15, 0.2) is 17.4 Å². The number of anilines is 2. The van der Waals surface area contributed by atoms with Crippen molar-refractivity contribution in [3.05, 3.63) is 64.6 Å². The zero-order valence-corrected chi connectivity index (χ0v) is 12.2. The van der Waals surface area contributed by atoms with E-state index in [4.69, 9.17) is 0 Å². The molecule has 0 aliphatic carbocycles. The Morgan fingerprint density at radius 1 is 1.23 bits per heavy atom. The third kappa shape index (κ3) is 3.21. The monoisotopic (exact) mass is 312 g/mol. The molecule has 3 aromatic rings. The van der Waals surface area contributed by atoms with Gasteiger partial charge in [-0.05, 0) is 23.6 Å². The molecule has 0 spiro atoms. The largest absolute Gasteiger partial charge is 0.504 e. The molecular weight excluding hydrogens is 300 g/mol. The zero-order chi connectivity index (χ0) is 15.4. The van der Waals surface area contributed by atoms with Gasteiger partial charge in [-0.2, -0.15) is 4.98 Å². The van der Waals surface area contributed by atoms with Gasteiger partial charge in [-0.15, -0.1) is 16.4 Å². The Morgan fingerprint density at radius 2 is 2.05 bits per heavy atom. The fourth-order valence-electron chi connectivity index (χ4n) is 1.77. The van der Waals surface area contributed by atoms with Crippen LogP contribution < -0.4 is 5.32 Å². The Bertz CT molecular complexity index is 794. The van der Waals surface area contributed by atoms with Crippen LogP contribution in [-0.4, -0.2) is 26.1 Å². The standard InChI is InChI=1S/C15H12N4O2S/c20-11(13-7-4-8-22-13)9-12(21)14-17-15(19-18-14)16-10-5-2-1-3-6-10/h1-9,21H,(H2,16,17,18,19)/b12-9-. The molecule has 1 aromatic carbocycles. The number of nitrogens with zero attached hydrogens (tertiary/aromatic N) is 2. The Morgan fingerprint density at radius 3 is 2.77 bits per heavy atom. The van der Waals surface area contributed by atoms with Gasteiger partial charge in [0.2, 0.25) is 5.95 Å². The molecule has 0 radical (unpaired) electrons. The van der Waals surface area contributed by atoms with Crippen LogP contribution in [0.15, 0.2) is 53.9 Å². The lowest BCUT2D eigenvalue weighted by atomic mass is 10.3. The lowest BCUT2D eigenvalue weighted by molar-refractivity contribution is 0.104. The number of aliphatic hydroxyl groups is 1. The lowest BCUT2D eigenvalue weighted by Gasteiger charge is -1.99. The predicted molar refractivity (Wildman–Crippen MR) is 85.4 cm³/mol. The summed E-state index contributed by atoms with van der Waals surface area (Å²) >= 11 is 1.31. The van der Waals surface area contributed by atoms with Crippen molar-refractivity contribution in [2.45, 2.75) is 0 Å². The number of aromatic amines is 1. The van der Waals surface area contributed by atoms with Gasteiger partial charge in [0, 0.05) is 11.8 Å². The van der Waals surface area contributed by atoms with Crippen molar-refractivity contribution in [1.82, 2.24) is 15.2 Å². The van der Waals surface area contributed by atoms with Gasteiger partial charge in [0.05, 0.1) is 4.88 Å². The van der Waals surface area contributed by atoms with Crippen LogP contribution in [0.2, 0.25) is 0 Å². The number of carbonyl (C=O) groups is 1. The highest BCUT2D eigenvalue weighted by atomic mass is 32.1. The molecule has 7 heteroatoms. The number of H-pyrrole nitrogens is 1. The Kier molecular flexibility index (Phi) is 3.97. The molecule has 22 heavy (non-hydrogen) atoms. The maximum Gasteiger partial charge on any atom is 0.246 e. The first-order valence-electron chi connectivity index (χ1n) is 6.46. The van der Waals surface area contributed by atoms with E-state index in [-0.39, 0.29) is 17.4 Å². The normalized spacial score (nSPS) is 11.4. The third-order valence-electron chi connectivity index (χ3n) is 2.79. The summed E-state index contributed by atoms with van der Waals surface area (Å²) in [7, 11) is 0. The van der Waals surface area contributed by atoms with Crippen LogP contribution in [0, 0.1) is 0 Å². The van der Waals surface area contributed by atoms with Crippen molar-refractivity contribution in [3.8, 4) is 0 Å². The summed E-state index contributed by atoms with van der Waals surface area (Å²) in [5.41, 5.74) is 0.825. The average Bonchev–Trinajstić information content (AvgIpc) is 3.19. The molecule has 0 saturated heterocycles. The van der Waals surface area contributed by atoms with Crippen LogP contribution >= 0.6 is 11.3 Å². The highest BCUT2D eigenvalue weighted by Gasteiger charge is 2.11. The fraction of sp³-hybridized carbons (Fsp3) is 0. The molecule has 0 saturated carbocycles. The van der Waals surface area contributed by atoms with Crippen molar-refractivity contribution in [3.63, 3.8) is 0 Å². The van der Waals surface area contributed by atoms with Crippen LogP contribution in [0.1, 0.15) is 15.5 Å². The second kappa shape index (κ2) is 6.23. The summed E-state index contributed by atoms with van der Waals surface area (Å²) < 4.78 is 0. The van der Waals surface area contributed by atoms with E-state index in [0.717, 1.165) is 11.8 Å². The second-order valence-electron chi connectivity index (χ2n) is 4.37. The number of aromatic nitrogens is 3. The van der Waals surface area contributed by atoms with Crippen LogP contribution in [-0.2, 0) is 0 Å². The number of nitrogens with one attached hydrogen (secondary N) is 2. The number of aliphatic hydroxyl groups excluding tert-OH is 1. The van der Waals surface area contributed by atoms with Gasteiger partial charge in [-0.3, -0.25) is 9.89 Å². The molecule has 6 nitrogen and oxygen atoms in total. The van der Waals surface area contributed by atoms with Crippen LogP contribution in [0.5, 0.6) is 0 Å². The molecule has 0 aliphatic rings. The van der Waals surface area contributed by atoms with Gasteiger partial charge in [-0.25, -0.2) is 0 Å². The van der Waals surface area contributed by atoms with E-state index < -0.39 is 0 Å². The summed E-state index contributed by atoms with van der Waals surface area (Å²) in [4.78, 5) is 16.5. The van der Waals surface area contributed by atoms with Crippen molar-refractivity contribution in [1.29, 1.82) is 0 Å². The first-order valence-corrected chi connectivity index (χ1v) is 7.34. The molecule has 0 unspecified atom stereocenters. The Hall–Kier alpha value is -2.93. The minimum absolute atomic E-state index is 0.128. The fourth-order valence-corrected chi connectivity index (χ4v) is 2.40. The van der Waals surface area contributed by atoms with E-state index in [1.807, 2.05) is 30.3 Å². The minimum Gasteiger partial charge on any atom is -0.504 e. The van der Waals surface area contributed by atoms with Gasteiger partial charge in [0.1, 0.15) is 0 Å². The molecule has 0 atom stereocenters. The molecule has 110 valence electrons. The number of allylic oxidation sites excluding steroid dienone is 1. The second-order valence-corrected chi connectivity index (χ2v) is 5.32. The third-order valence-corrected chi connectivity index (χ3v) is 3.67. The topological polar surface area (TPSA) is 90.9 Å². The summed E-state index contributed by atoms with van der Waals surface area (Å²) in [5, 5.41) is 21.3. The Labute approximate surface area is 130 Å². The van der Waals surface area contributed by atoms with E-state index in [1.54, 1.807) is 17.5 Å². The van der Waals surface area contributed by atoms with E-state index in [9.17, 15) is 9.90 Å². The molecule has 3 N–H and O–H groups in total. The highest BCUT2D eigenvalue weighted by molar-refractivity contribution is 7.12. The molecule has 0 fully saturated rings.